The smallest absolute Gasteiger partial charge is 0.325 e. The summed E-state index contributed by atoms with van der Waals surface area (Å²) in [6.45, 7) is 4.04. The van der Waals surface area contributed by atoms with Crippen LogP contribution in [0.3, 0.4) is 0 Å². The normalized spacial score (nSPS) is 14.2. The Balaban J connectivity index is 2.01. The summed E-state index contributed by atoms with van der Waals surface area (Å²) in [5.74, 6) is -0.231. The fraction of sp³-hybridized carbons (Fsp3) is 0.474. The average Bonchev–Trinajstić information content (AvgIpc) is 3.02. The van der Waals surface area contributed by atoms with Crippen LogP contribution in [0.5, 0.6) is 0 Å². The summed E-state index contributed by atoms with van der Waals surface area (Å²) < 4.78 is 11.7. The molecule has 0 fully saturated rings. The van der Waals surface area contributed by atoms with E-state index in [4.69, 9.17) is 9.40 Å². The van der Waals surface area contributed by atoms with Gasteiger partial charge in [0.1, 0.15) is 12.1 Å². The first kappa shape index (κ1) is 16.8. The van der Waals surface area contributed by atoms with Crippen LogP contribution in [0, 0.1) is 0 Å². The molecule has 0 atom stereocenters. The van der Waals surface area contributed by atoms with Crippen molar-refractivity contribution < 1.29 is 13.9 Å². The van der Waals surface area contributed by atoms with Gasteiger partial charge in [0.05, 0.1) is 24.5 Å². The molecule has 0 aromatic carbocycles. The Morgan fingerprint density at radius 2 is 2.04 bits per heavy atom. The number of aryl methyl sites for hydroxylation is 1. The molecule has 3 aromatic rings. The van der Waals surface area contributed by atoms with Crippen LogP contribution in [0.2, 0.25) is 0 Å². The molecule has 7 nitrogen and oxygen atoms in total. The highest BCUT2D eigenvalue weighted by Gasteiger charge is 2.25. The van der Waals surface area contributed by atoms with Crippen LogP contribution in [-0.2, 0) is 28.9 Å². The van der Waals surface area contributed by atoms with Gasteiger partial charge in [0, 0.05) is 0 Å². The Kier molecular flexibility index (Phi) is 4.01. The molecule has 3 heterocycles. The number of fused-ring (bicyclic) bond motifs is 5. The molecule has 0 saturated heterocycles. The van der Waals surface area contributed by atoms with E-state index in [0.29, 0.717) is 11.2 Å². The Bertz CT molecular complexity index is 1080. The molecule has 0 aliphatic heterocycles. The van der Waals surface area contributed by atoms with Gasteiger partial charge in [-0.05, 0) is 42.7 Å². The van der Waals surface area contributed by atoms with Crippen LogP contribution in [0.25, 0.3) is 22.2 Å². The number of rotatable bonds is 3. The first-order valence-corrected chi connectivity index (χ1v) is 8.91. The van der Waals surface area contributed by atoms with Crippen molar-refractivity contribution in [3.8, 4) is 0 Å². The molecule has 1 aliphatic carbocycles. The van der Waals surface area contributed by atoms with E-state index in [1.807, 2.05) is 0 Å². The van der Waals surface area contributed by atoms with Crippen LogP contribution in [0.4, 0.5) is 0 Å². The van der Waals surface area contributed by atoms with Crippen LogP contribution >= 0.6 is 0 Å². The van der Waals surface area contributed by atoms with E-state index in [1.54, 1.807) is 0 Å². The van der Waals surface area contributed by atoms with Crippen LogP contribution in [0.15, 0.2) is 15.5 Å². The van der Waals surface area contributed by atoms with Gasteiger partial charge < -0.3 is 9.15 Å². The van der Waals surface area contributed by atoms with E-state index in [-0.39, 0.29) is 18.0 Å². The van der Waals surface area contributed by atoms with Crippen molar-refractivity contribution in [1.82, 2.24) is 14.5 Å². The van der Waals surface area contributed by atoms with Crippen molar-refractivity contribution in [2.75, 3.05) is 7.11 Å². The maximum Gasteiger partial charge on any atom is 0.325 e. The predicted molar refractivity (Wildman–Crippen MR) is 96.3 cm³/mol. The number of ether oxygens (including phenoxy) is 1. The lowest BCUT2D eigenvalue weighted by Crippen LogP contribution is -2.24. The summed E-state index contributed by atoms with van der Waals surface area (Å²) in [6.07, 6.45) is 5.57. The van der Waals surface area contributed by atoms with E-state index in [1.165, 1.54) is 29.1 Å². The quantitative estimate of drug-likeness (QED) is 0.671. The molecule has 0 amide bonds. The lowest BCUT2D eigenvalue weighted by molar-refractivity contribution is -0.141. The number of nitrogens with zero attached hydrogens (tertiary/aromatic N) is 3. The molecule has 0 N–H and O–H groups in total. The van der Waals surface area contributed by atoms with Crippen LogP contribution < -0.4 is 5.56 Å². The zero-order valence-electron chi connectivity index (χ0n) is 15.2. The molecule has 0 saturated carbocycles. The van der Waals surface area contributed by atoms with Crippen LogP contribution in [-0.4, -0.2) is 27.6 Å². The van der Waals surface area contributed by atoms with Gasteiger partial charge in [-0.15, -0.1) is 0 Å². The van der Waals surface area contributed by atoms with Gasteiger partial charge >= 0.3 is 5.97 Å². The second-order valence-corrected chi connectivity index (χ2v) is 7.03. The van der Waals surface area contributed by atoms with E-state index in [2.05, 4.69) is 23.6 Å². The largest absolute Gasteiger partial charge is 0.468 e. The van der Waals surface area contributed by atoms with Crippen molar-refractivity contribution in [2.45, 2.75) is 52.0 Å². The third-order valence-corrected chi connectivity index (χ3v) is 5.02. The Hall–Kier alpha value is -2.70. The lowest BCUT2D eigenvalue weighted by Gasteiger charge is -2.21. The van der Waals surface area contributed by atoms with Crippen LogP contribution in [0.1, 0.15) is 49.4 Å². The second-order valence-electron chi connectivity index (χ2n) is 7.03. The van der Waals surface area contributed by atoms with Gasteiger partial charge in [-0.3, -0.25) is 14.2 Å². The molecular formula is C19H21N3O4. The van der Waals surface area contributed by atoms with E-state index in [9.17, 15) is 9.59 Å². The summed E-state index contributed by atoms with van der Waals surface area (Å²) in [4.78, 5) is 33.4. The maximum atomic E-state index is 12.7. The highest BCUT2D eigenvalue weighted by atomic mass is 16.5. The van der Waals surface area contributed by atoms with Gasteiger partial charge in [0.15, 0.2) is 0 Å². The number of carbonyl (C=O) groups is 1. The fourth-order valence-electron chi connectivity index (χ4n) is 3.77. The van der Waals surface area contributed by atoms with Gasteiger partial charge in [-0.25, -0.2) is 9.97 Å². The molecule has 26 heavy (non-hydrogen) atoms. The predicted octanol–water partition coefficient (Wildman–Crippen LogP) is 2.71. The molecule has 1 aliphatic rings. The molecule has 3 aromatic heterocycles. The van der Waals surface area contributed by atoms with E-state index < -0.39 is 11.5 Å². The topological polar surface area (TPSA) is 87.2 Å². The van der Waals surface area contributed by atoms with E-state index in [0.717, 1.165) is 36.8 Å². The van der Waals surface area contributed by atoms with Crippen molar-refractivity contribution in [3.05, 3.63) is 33.5 Å². The SMILES string of the molecule is COC(=O)Cn1cnc2c(oc3nc(C(C)C)c4c(c32)CCCC4)c1=O. The van der Waals surface area contributed by atoms with Gasteiger partial charge in [0.25, 0.3) is 5.56 Å². The number of hydrogen-bond donors (Lipinski definition) is 0. The zero-order valence-corrected chi connectivity index (χ0v) is 15.2. The third kappa shape index (κ3) is 2.50. The van der Waals surface area contributed by atoms with Crippen molar-refractivity contribution in [3.63, 3.8) is 0 Å². The highest BCUT2D eigenvalue weighted by Crippen LogP contribution is 2.36. The summed E-state index contributed by atoms with van der Waals surface area (Å²) in [5.41, 5.74) is 4.28. The minimum Gasteiger partial charge on any atom is -0.468 e. The number of hydrogen-bond acceptors (Lipinski definition) is 6. The molecule has 0 bridgehead atoms. The summed E-state index contributed by atoms with van der Waals surface area (Å²) in [6, 6.07) is 0. The first-order chi connectivity index (χ1) is 12.5. The van der Waals surface area contributed by atoms with Gasteiger partial charge in [-0.2, -0.15) is 0 Å². The van der Waals surface area contributed by atoms with Gasteiger partial charge in [0.2, 0.25) is 11.3 Å². The first-order valence-electron chi connectivity index (χ1n) is 8.91. The van der Waals surface area contributed by atoms with Crippen molar-refractivity contribution >= 4 is 28.2 Å². The molecule has 0 radical (unpaired) electrons. The third-order valence-electron chi connectivity index (χ3n) is 5.02. The lowest BCUT2D eigenvalue weighted by atomic mass is 9.86. The summed E-state index contributed by atoms with van der Waals surface area (Å²) >= 11 is 0. The summed E-state index contributed by atoms with van der Waals surface area (Å²) in [5, 5.41) is 0.849. The molecule has 4 rings (SSSR count). The zero-order chi connectivity index (χ0) is 18.4. The number of carbonyl (C=O) groups excluding carboxylic acids is 1. The molecular weight excluding hydrogens is 334 g/mol. The second kappa shape index (κ2) is 6.23. The fourth-order valence-corrected chi connectivity index (χ4v) is 3.77. The van der Waals surface area contributed by atoms with Crippen molar-refractivity contribution in [2.24, 2.45) is 0 Å². The molecule has 0 spiro atoms. The number of pyridine rings is 1. The number of aromatic nitrogens is 3. The standard InChI is InChI=1S/C19H21N3O4/c1-10(2)15-12-7-5-4-6-11(12)14-16-17(26-18(14)21-15)19(24)22(9-20-16)8-13(23)25-3/h9-10H,4-8H2,1-3H3. The maximum absolute atomic E-state index is 12.7. The average molecular weight is 355 g/mol. The monoisotopic (exact) mass is 355 g/mol. The minimum absolute atomic E-state index is 0.146. The molecule has 7 heteroatoms. The molecule has 0 unspecified atom stereocenters. The summed E-state index contributed by atoms with van der Waals surface area (Å²) in [7, 11) is 1.28. The number of esters is 1. The van der Waals surface area contributed by atoms with E-state index >= 15 is 0 Å². The van der Waals surface area contributed by atoms with Gasteiger partial charge in [-0.1, -0.05) is 13.8 Å². The molecule has 136 valence electrons. The minimum atomic E-state index is -0.512. The number of furan rings is 1. The Labute approximate surface area is 150 Å². The van der Waals surface area contributed by atoms with Crippen molar-refractivity contribution in [1.29, 1.82) is 0 Å². The Morgan fingerprint density at radius 1 is 1.31 bits per heavy atom. The highest BCUT2D eigenvalue weighted by molar-refractivity contribution is 6.03. The number of methoxy groups -OCH3 is 1. The Morgan fingerprint density at radius 3 is 2.73 bits per heavy atom.